The maximum atomic E-state index is 13.2. The van der Waals surface area contributed by atoms with E-state index in [4.69, 9.17) is 0 Å². The van der Waals surface area contributed by atoms with E-state index in [1.165, 1.54) is 0 Å². The van der Waals surface area contributed by atoms with Crippen molar-refractivity contribution in [3.05, 3.63) is 28.8 Å². The Bertz CT molecular complexity index is 822. The van der Waals surface area contributed by atoms with E-state index >= 15 is 0 Å². The molecule has 1 saturated carbocycles. The molecule has 5 nitrogen and oxygen atoms in total. The summed E-state index contributed by atoms with van der Waals surface area (Å²) in [7, 11) is 1.75. The molecule has 0 bridgehead atoms. The van der Waals surface area contributed by atoms with Gasteiger partial charge in [-0.2, -0.15) is 0 Å². The number of hydrogen-bond acceptors (Lipinski definition) is 3. The van der Waals surface area contributed by atoms with Gasteiger partial charge in [-0.15, -0.1) is 0 Å². The summed E-state index contributed by atoms with van der Waals surface area (Å²) in [6, 6.07) is 4.29. The molecule has 0 saturated heterocycles. The van der Waals surface area contributed by atoms with Crippen LogP contribution < -0.4 is 5.32 Å². The second-order valence-electron chi connectivity index (χ2n) is 12.1. The van der Waals surface area contributed by atoms with Crippen LogP contribution in [0.1, 0.15) is 111 Å². The number of likely N-dealkylation sites (N-methyl/N-ethyl adjacent to an activating group) is 1. The summed E-state index contributed by atoms with van der Waals surface area (Å²) in [6.07, 6.45) is 5.81. The molecule has 1 aromatic rings. The first-order valence-corrected chi connectivity index (χ1v) is 12.6. The minimum absolute atomic E-state index is 0.0383. The summed E-state index contributed by atoms with van der Waals surface area (Å²) in [5, 5.41) is 14.1. The Morgan fingerprint density at radius 2 is 1.48 bits per heavy atom. The number of aromatic hydroxyl groups is 1. The zero-order valence-electron chi connectivity index (χ0n) is 22.4. The van der Waals surface area contributed by atoms with Crippen LogP contribution in [0.25, 0.3) is 0 Å². The molecule has 0 aromatic heterocycles. The number of benzene rings is 1. The molecule has 5 heteroatoms. The van der Waals surface area contributed by atoms with Crippen LogP contribution in [-0.4, -0.2) is 40.4 Å². The highest BCUT2D eigenvalue weighted by Crippen LogP contribution is 2.40. The molecule has 2 N–H and O–H groups in total. The first-order valence-electron chi connectivity index (χ1n) is 12.6. The minimum atomic E-state index is -0.859. The van der Waals surface area contributed by atoms with Gasteiger partial charge in [0.25, 0.3) is 0 Å². The minimum Gasteiger partial charge on any atom is -0.507 e. The molecule has 33 heavy (non-hydrogen) atoms. The molecule has 2 amide bonds. The van der Waals surface area contributed by atoms with Crippen molar-refractivity contribution in [3.8, 4) is 5.75 Å². The van der Waals surface area contributed by atoms with Gasteiger partial charge in [0.2, 0.25) is 11.8 Å². The first-order chi connectivity index (χ1) is 15.1. The molecular weight excluding hydrogens is 412 g/mol. The Kier molecular flexibility index (Phi) is 8.30. The lowest BCUT2D eigenvalue weighted by Crippen LogP contribution is -2.58. The van der Waals surface area contributed by atoms with Gasteiger partial charge in [0.15, 0.2) is 0 Å². The Morgan fingerprint density at radius 3 is 1.91 bits per heavy atom. The summed E-state index contributed by atoms with van der Waals surface area (Å²) in [5.74, 6) is 0.260. The Labute approximate surface area is 201 Å². The van der Waals surface area contributed by atoms with Crippen LogP contribution in [0.5, 0.6) is 5.75 Å². The van der Waals surface area contributed by atoms with Crippen molar-refractivity contribution < 1.29 is 14.7 Å². The monoisotopic (exact) mass is 458 g/mol. The largest absolute Gasteiger partial charge is 0.507 e. The SMILES string of the molecule is CC[C@@](C)(C(=O)NC1CCCC1)N(C)C(=O)CCc1cc(C(C)(C)C)c(O)c(C(C)(C)C)c1. The van der Waals surface area contributed by atoms with Gasteiger partial charge >= 0.3 is 0 Å². The lowest BCUT2D eigenvalue weighted by atomic mass is 9.78. The summed E-state index contributed by atoms with van der Waals surface area (Å²) < 4.78 is 0. The molecule has 0 heterocycles. The zero-order chi connectivity index (χ0) is 25.2. The van der Waals surface area contributed by atoms with Crippen molar-refractivity contribution in [1.82, 2.24) is 10.2 Å². The quantitative estimate of drug-likeness (QED) is 0.558. The highest BCUT2D eigenvalue weighted by Gasteiger charge is 2.39. The van der Waals surface area contributed by atoms with Crippen LogP contribution in [0.4, 0.5) is 0 Å². The summed E-state index contributed by atoms with van der Waals surface area (Å²) in [6.45, 7) is 16.4. The van der Waals surface area contributed by atoms with E-state index < -0.39 is 5.54 Å². The number of nitrogens with one attached hydrogen (secondary N) is 1. The molecule has 1 aromatic carbocycles. The highest BCUT2D eigenvalue weighted by atomic mass is 16.3. The molecule has 2 rings (SSSR count). The van der Waals surface area contributed by atoms with Gasteiger partial charge in [0, 0.05) is 19.5 Å². The molecule has 0 radical (unpaired) electrons. The maximum absolute atomic E-state index is 13.2. The van der Waals surface area contributed by atoms with E-state index in [-0.39, 0.29) is 28.7 Å². The molecule has 186 valence electrons. The average molecular weight is 459 g/mol. The topological polar surface area (TPSA) is 69.6 Å². The number of hydrogen-bond donors (Lipinski definition) is 2. The second-order valence-corrected chi connectivity index (χ2v) is 12.1. The smallest absolute Gasteiger partial charge is 0.245 e. The fourth-order valence-electron chi connectivity index (χ4n) is 4.64. The molecule has 1 fully saturated rings. The number of amides is 2. The summed E-state index contributed by atoms with van der Waals surface area (Å²) in [4.78, 5) is 27.9. The first kappa shape index (κ1) is 27.2. The van der Waals surface area contributed by atoms with Crippen molar-refractivity contribution in [2.45, 2.75) is 123 Å². The molecule has 1 atom stereocenters. The van der Waals surface area contributed by atoms with Gasteiger partial charge in [-0.05, 0) is 60.1 Å². The van der Waals surface area contributed by atoms with Gasteiger partial charge in [-0.25, -0.2) is 0 Å². The van der Waals surface area contributed by atoms with E-state index in [2.05, 4.69) is 46.9 Å². The summed E-state index contributed by atoms with van der Waals surface area (Å²) >= 11 is 0. The van der Waals surface area contributed by atoms with Crippen LogP contribution in [0.2, 0.25) is 0 Å². The normalized spacial score (nSPS) is 17.0. The Balaban J connectivity index is 2.20. The number of phenols is 1. The lowest BCUT2D eigenvalue weighted by Gasteiger charge is -2.37. The van der Waals surface area contributed by atoms with Crippen molar-refractivity contribution in [1.29, 1.82) is 0 Å². The van der Waals surface area contributed by atoms with Gasteiger partial charge < -0.3 is 15.3 Å². The van der Waals surface area contributed by atoms with Crippen molar-refractivity contribution in [2.75, 3.05) is 7.05 Å². The van der Waals surface area contributed by atoms with Crippen molar-refractivity contribution in [2.24, 2.45) is 0 Å². The summed E-state index contributed by atoms with van der Waals surface area (Å²) in [5.41, 5.74) is 1.57. The molecule has 0 aliphatic heterocycles. The number of rotatable bonds is 7. The van der Waals surface area contributed by atoms with Crippen LogP contribution in [0, 0.1) is 0 Å². The number of aryl methyl sites for hydroxylation is 1. The van der Waals surface area contributed by atoms with E-state index in [1.54, 1.807) is 11.9 Å². The van der Waals surface area contributed by atoms with E-state index in [0.29, 0.717) is 25.0 Å². The van der Waals surface area contributed by atoms with Crippen LogP contribution in [0.3, 0.4) is 0 Å². The molecule has 0 unspecified atom stereocenters. The predicted molar refractivity (Wildman–Crippen MR) is 136 cm³/mol. The maximum Gasteiger partial charge on any atom is 0.245 e. The Morgan fingerprint density at radius 1 is 1.00 bits per heavy atom. The fraction of sp³-hybridized carbons (Fsp3) is 0.714. The number of phenolic OH excluding ortho intramolecular Hbond substituents is 1. The van der Waals surface area contributed by atoms with E-state index in [9.17, 15) is 14.7 Å². The lowest BCUT2D eigenvalue weighted by molar-refractivity contribution is -0.145. The highest BCUT2D eigenvalue weighted by molar-refractivity contribution is 5.91. The predicted octanol–water partition coefficient (Wildman–Crippen LogP) is 5.61. The van der Waals surface area contributed by atoms with Crippen molar-refractivity contribution >= 4 is 11.8 Å². The molecule has 1 aliphatic carbocycles. The van der Waals surface area contributed by atoms with Crippen molar-refractivity contribution in [3.63, 3.8) is 0 Å². The fourth-order valence-corrected chi connectivity index (χ4v) is 4.64. The van der Waals surface area contributed by atoms with Gasteiger partial charge in [-0.1, -0.05) is 73.4 Å². The average Bonchev–Trinajstić information content (AvgIpc) is 3.22. The third kappa shape index (κ3) is 6.30. The van der Waals surface area contributed by atoms with Crippen LogP contribution in [0.15, 0.2) is 12.1 Å². The van der Waals surface area contributed by atoms with E-state index in [1.807, 2.05) is 26.0 Å². The second kappa shape index (κ2) is 10.1. The number of carbonyl (C=O) groups excluding carboxylic acids is 2. The van der Waals surface area contributed by atoms with Gasteiger partial charge in [0.1, 0.15) is 11.3 Å². The number of nitrogens with zero attached hydrogens (tertiary/aromatic N) is 1. The molecule has 1 aliphatic rings. The Hall–Kier alpha value is -2.04. The third-order valence-electron chi connectivity index (χ3n) is 7.40. The van der Waals surface area contributed by atoms with Gasteiger partial charge in [-0.3, -0.25) is 9.59 Å². The standard InChI is InChI=1S/C28H46N2O3/c1-10-28(8,25(33)29-20-13-11-12-14-20)30(9)23(31)16-15-19-17-21(26(2,3)4)24(32)22(18-19)27(5,6)7/h17-18,20,32H,10-16H2,1-9H3,(H,29,33)/t28-/m0/s1. The molecular formula is C28H46N2O3. The van der Waals surface area contributed by atoms with E-state index in [0.717, 1.165) is 42.4 Å². The van der Waals surface area contributed by atoms with Crippen LogP contribution >= 0.6 is 0 Å². The van der Waals surface area contributed by atoms with Gasteiger partial charge in [0.05, 0.1) is 0 Å². The molecule has 0 spiro atoms. The zero-order valence-corrected chi connectivity index (χ0v) is 22.4. The van der Waals surface area contributed by atoms with Crippen LogP contribution in [-0.2, 0) is 26.8 Å². The number of carbonyl (C=O) groups is 2. The third-order valence-corrected chi connectivity index (χ3v) is 7.40.